The largest absolute Gasteiger partial charge is 0.444 e. The summed E-state index contributed by atoms with van der Waals surface area (Å²) in [6, 6.07) is 6.50. The molecule has 0 saturated heterocycles. The van der Waals surface area contributed by atoms with Crippen LogP contribution in [0.4, 0.5) is 4.79 Å². The second kappa shape index (κ2) is 9.98. The topological polar surface area (TPSA) is 87.7 Å². The number of amides is 3. The van der Waals surface area contributed by atoms with E-state index in [0.29, 0.717) is 5.56 Å². The van der Waals surface area contributed by atoms with Gasteiger partial charge in [-0.15, -0.1) is 0 Å². The van der Waals surface area contributed by atoms with Crippen LogP contribution in [0.15, 0.2) is 30.8 Å². The molecule has 0 aliphatic heterocycles. The van der Waals surface area contributed by atoms with Gasteiger partial charge in [0.05, 0.1) is 0 Å². The van der Waals surface area contributed by atoms with E-state index in [-0.39, 0.29) is 36.4 Å². The van der Waals surface area contributed by atoms with Gasteiger partial charge in [0.1, 0.15) is 18.2 Å². The molecule has 0 heterocycles. The van der Waals surface area contributed by atoms with Gasteiger partial charge >= 0.3 is 6.09 Å². The Labute approximate surface area is 185 Å². The maximum atomic E-state index is 13.3. The van der Waals surface area contributed by atoms with Crippen molar-refractivity contribution in [1.29, 1.82) is 0 Å². The summed E-state index contributed by atoms with van der Waals surface area (Å²) in [5.41, 5.74) is 0.908. The van der Waals surface area contributed by atoms with Gasteiger partial charge in [-0.3, -0.25) is 9.59 Å². The quantitative estimate of drug-likeness (QED) is 0.660. The summed E-state index contributed by atoms with van der Waals surface area (Å²) in [6.45, 7) is 14.6. The van der Waals surface area contributed by atoms with E-state index in [0.717, 1.165) is 12.0 Å². The molecule has 170 valence electrons. The molecule has 0 spiro atoms. The molecule has 2 rings (SSSR count). The van der Waals surface area contributed by atoms with Gasteiger partial charge in [-0.05, 0) is 64.2 Å². The Kier molecular flexibility index (Phi) is 7.87. The Hall–Kier alpha value is -2.83. The highest BCUT2D eigenvalue weighted by Crippen LogP contribution is 2.40. The summed E-state index contributed by atoms with van der Waals surface area (Å²) in [5, 5.41) is 5.46. The summed E-state index contributed by atoms with van der Waals surface area (Å²) in [6.07, 6.45) is 1.85. The van der Waals surface area contributed by atoms with Crippen LogP contribution in [0.2, 0.25) is 0 Å². The molecule has 1 aliphatic carbocycles. The molecule has 3 amide bonds. The second-order valence-corrected chi connectivity index (χ2v) is 9.38. The molecule has 0 radical (unpaired) electrons. The number of nitrogens with zero attached hydrogens (tertiary/aromatic N) is 1. The van der Waals surface area contributed by atoms with Gasteiger partial charge in [0.2, 0.25) is 11.8 Å². The van der Waals surface area contributed by atoms with Crippen molar-refractivity contribution in [3.8, 4) is 0 Å². The van der Waals surface area contributed by atoms with Gasteiger partial charge in [-0.2, -0.15) is 0 Å². The molecule has 0 bridgehead atoms. The van der Waals surface area contributed by atoms with E-state index in [9.17, 15) is 14.4 Å². The van der Waals surface area contributed by atoms with Crippen molar-refractivity contribution in [1.82, 2.24) is 15.5 Å². The molecule has 0 aromatic heterocycles. The van der Waals surface area contributed by atoms with Crippen LogP contribution in [0.3, 0.4) is 0 Å². The van der Waals surface area contributed by atoms with Crippen LogP contribution in [0.1, 0.15) is 65.1 Å². The van der Waals surface area contributed by atoms with Crippen LogP contribution in [-0.2, 0) is 14.3 Å². The Bertz CT molecular complexity index is 828. The third-order valence-electron chi connectivity index (χ3n) is 4.91. The SMILES string of the molecule is C=Cc1cccc(C(C(=O)NC(C)C)N(C(=O)CNC(=O)OC(C)(C)C)C2CC2C)c1. The molecule has 7 nitrogen and oxygen atoms in total. The molecule has 3 atom stereocenters. The lowest BCUT2D eigenvalue weighted by atomic mass is 10.0. The van der Waals surface area contributed by atoms with Crippen molar-refractivity contribution in [2.45, 2.75) is 71.7 Å². The standard InChI is InChI=1S/C24H35N3O4/c1-8-17-10-9-11-18(13-17)21(22(29)26-15(2)3)27(19-12-16(19)4)20(28)14-25-23(30)31-24(5,6)7/h8-11,13,15-16,19,21H,1,12,14H2,2-7H3,(H,25,30)(H,26,29). The Morgan fingerprint density at radius 3 is 2.45 bits per heavy atom. The average Bonchev–Trinajstić information content (AvgIpc) is 3.37. The number of alkyl carbamates (subject to hydrolysis) is 1. The first-order valence-electron chi connectivity index (χ1n) is 10.7. The van der Waals surface area contributed by atoms with Gasteiger partial charge in [0, 0.05) is 12.1 Å². The normalized spacial score (nSPS) is 18.7. The van der Waals surface area contributed by atoms with E-state index in [2.05, 4.69) is 17.2 Å². The zero-order valence-electron chi connectivity index (χ0n) is 19.4. The number of rotatable bonds is 8. The molecule has 1 saturated carbocycles. The van der Waals surface area contributed by atoms with E-state index in [1.165, 1.54) is 0 Å². The van der Waals surface area contributed by atoms with E-state index < -0.39 is 17.7 Å². The first-order chi connectivity index (χ1) is 14.4. The summed E-state index contributed by atoms with van der Waals surface area (Å²) in [4.78, 5) is 40.1. The van der Waals surface area contributed by atoms with E-state index >= 15 is 0 Å². The molecule has 1 fully saturated rings. The maximum Gasteiger partial charge on any atom is 0.408 e. The highest BCUT2D eigenvalue weighted by molar-refractivity contribution is 5.91. The van der Waals surface area contributed by atoms with Gasteiger partial charge in [-0.25, -0.2) is 4.79 Å². The molecule has 3 unspecified atom stereocenters. The van der Waals surface area contributed by atoms with Crippen LogP contribution >= 0.6 is 0 Å². The van der Waals surface area contributed by atoms with Gasteiger partial charge < -0.3 is 20.3 Å². The highest BCUT2D eigenvalue weighted by atomic mass is 16.6. The van der Waals surface area contributed by atoms with Crippen molar-refractivity contribution in [2.75, 3.05) is 6.54 Å². The third-order valence-corrected chi connectivity index (χ3v) is 4.91. The molecular formula is C24H35N3O4. The van der Waals surface area contributed by atoms with Gasteiger partial charge in [0.15, 0.2) is 0 Å². The minimum absolute atomic E-state index is 0.0664. The van der Waals surface area contributed by atoms with Gasteiger partial charge in [0.25, 0.3) is 0 Å². The Morgan fingerprint density at radius 1 is 1.29 bits per heavy atom. The fraction of sp³-hybridized carbons (Fsp3) is 0.542. The number of benzene rings is 1. The lowest BCUT2D eigenvalue weighted by molar-refractivity contribution is -0.141. The van der Waals surface area contributed by atoms with Crippen molar-refractivity contribution >= 4 is 24.0 Å². The first kappa shape index (κ1) is 24.4. The molecular weight excluding hydrogens is 394 g/mol. The average molecular weight is 430 g/mol. The number of hydrogen-bond donors (Lipinski definition) is 2. The summed E-state index contributed by atoms with van der Waals surface area (Å²) < 4.78 is 5.23. The smallest absolute Gasteiger partial charge is 0.408 e. The lowest BCUT2D eigenvalue weighted by Gasteiger charge is -2.33. The number of carbonyl (C=O) groups is 3. The molecule has 1 aromatic carbocycles. The van der Waals surface area contributed by atoms with Crippen molar-refractivity contribution in [3.63, 3.8) is 0 Å². The lowest BCUT2D eigenvalue weighted by Crippen LogP contribution is -2.50. The second-order valence-electron chi connectivity index (χ2n) is 9.38. The first-order valence-corrected chi connectivity index (χ1v) is 10.7. The summed E-state index contributed by atoms with van der Waals surface area (Å²) >= 11 is 0. The van der Waals surface area contributed by atoms with Crippen molar-refractivity contribution < 1.29 is 19.1 Å². The molecule has 2 N–H and O–H groups in total. The molecule has 7 heteroatoms. The Morgan fingerprint density at radius 2 is 1.94 bits per heavy atom. The Balaban J connectivity index is 2.32. The van der Waals surface area contributed by atoms with Gasteiger partial charge in [-0.1, -0.05) is 37.8 Å². The van der Waals surface area contributed by atoms with Crippen LogP contribution in [-0.4, -0.2) is 47.0 Å². The fourth-order valence-electron chi connectivity index (χ4n) is 3.42. The highest BCUT2D eigenvalue weighted by Gasteiger charge is 2.46. The monoisotopic (exact) mass is 429 g/mol. The summed E-state index contributed by atoms with van der Waals surface area (Å²) in [7, 11) is 0. The zero-order chi connectivity index (χ0) is 23.3. The van der Waals surface area contributed by atoms with Crippen molar-refractivity contribution in [3.05, 3.63) is 42.0 Å². The summed E-state index contributed by atoms with van der Waals surface area (Å²) in [5.74, 6) is -0.295. The predicted molar refractivity (Wildman–Crippen MR) is 121 cm³/mol. The molecule has 1 aromatic rings. The molecule has 1 aliphatic rings. The van der Waals surface area contributed by atoms with E-state index in [1.54, 1.807) is 31.7 Å². The molecule has 31 heavy (non-hydrogen) atoms. The number of ether oxygens (including phenoxy) is 1. The number of nitrogens with one attached hydrogen (secondary N) is 2. The predicted octanol–water partition coefficient (Wildman–Crippen LogP) is 3.66. The van der Waals surface area contributed by atoms with Crippen LogP contribution in [0.25, 0.3) is 6.08 Å². The van der Waals surface area contributed by atoms with E-state index in [4.69, 9.17) is 4.74 Å². The number of carbonyl (C=O) groups excluding carboxylic acids is 3. The van der Waals surface area contributed by atoms with Crippen molar-refractivity contribution in [2.24, 2.45) is 5.92 Å². The number of hydrogen-bond acceptors (Lipinski definition) is 4. The zero-order valence-corrected chi connectivity index (χ0v) is 19.4. The van der Waals surface area contributed by atoms with Crippen LogP contribution in [0.5, 0.6) is 0 Å². The van der Waals surface area contributed by atoms with Crippen LogP contribution in [0, 0.1) is 5.92 Å². The maximum absolute atomic E-state index is 13.3. The van der Waals surface area contributed by atoms with Crippen LogP contribution < -0.4 is 10.6 Å². The fourth-order valence-corrected chi connectivity index (χ4v) is 3.42. The minimum atomic E-state index is -0.801. The third kappa shape index (κ3) is 7.12. The van der Waals surface area contributed by atoms with E-state index in [1.807, 2.05) is 45.0 Å². The minimum Gasteiger partial charge on any atom is -0.444 e.